The van der Waals surface area contributed by atoms with Crippen molar-refractivity contribution >= 4 is 23.4 Å². The lowest BCUT2D eigenvalue weighted by atomic mass is 9.73. The number of hydrogen-bond donors (Lipinski definition) is 2. The van der Waals surface area contributed by atoms with Crippen LogP contribution in [0.1, 0.15) is 59.5 Å². The summed E-state index contributed by atoms with van der Waals surface area (Å²) in [6.07, 6.45) is 5.82. The summed E-state index contributed by atoms with van der Waals surface area (Å²) >= 11 is 0. The molecule has 1 saturated heterocycles. The zero-order valence-corrected chi connectivity index (χ0v) is 19.8. The summed E-state index contributed by atoms with van der Waals surface area (Å²) in [5, 5.41) is 5.96. The first kappa shape index (κ1) is 22.1. The quantitative estimate of drug-likeness (QED) is 0.714. The Kier molecular flexibility index (Phi) is 5.71. The molecule has 2 aliphatic carbocycles. The highest BCUT2D eigenvalue weighted by Gasteiger charge is 2.39. The number of hydrogen-bond acceptors (Lipinski definition) is 4. The first-order valence-corrected chi connectivity index (χ1v) is 12.8. The number of rotatable bonds is 3. The number of aryl methyl sites for hydroxylation is 1. The molecule has 2 aliphatic heterocycles. The van der Waals surface area contributed by atoms with Crippen LogP contribution in [0.5, 0.6) is 5.75 Å². The Morgan fingerprint density at radius 2 is 1.91 bits per heavy atom. The Balaban J connectivity index is 1.05. The Hall–Kier alpha value is -3.35. The van der Waals surface area contributed by atoms with Crippen molar-refractivity contribution in [2.45, 2.75) is 50.5 Å². The smallest absolute Gasteiger partial charge is 0.262 e. The van der Waals surface area contributed by atoms with Crippen molar-refractivity contribution in [1.29, 1.82) is 0 Å². The van der Waals surface area contributed by atoms with Gasteiger partial charge in [-0.05, 0) is 79.7 Å². The molecule has 35 heavy (non-hydrogen) atoms. The van der Waals surface area contributed by atoms with Gasteiger partial charge in [-0.25, -0.2) is 0 Å². The molecule has 182 valence electrons. The third kappa shape index (κ3) is 4.28. The van der Waals surface area contributed by atoms with Crippen LogP contribution >= 0.6 is 0 Å². The van der Waals surface area contributed by atoms with Gasteiger partial charge < -0.3 is 20.3 Å². The lowest BCUT2D eigenvalue weighted by Crippen LogP contribution is -2.50. The van der Waals surface area contributed by atoms with Crippen LogP contribution in [-0.2, 0) is 16.0 Å². The topological polar surface area (TPSA) is 87.7 Å². The summed E-state index contributed by atoms with van der Waals surface area (Å²) in [5.41, 5.74) is 3.61. The third-order valence-electron chi connectivity index (χ3n) is 8.32. The SMILES string of the molecule is O=C1COc2ccc(C(=O)NC3CCC4CN(C(=O)C5CCc6ccccc65)CCC4C3)cc2N1. The molecule has 4 atom stereocenters. The third-order valence-corrected chi connectivity index (χ3v) is 8.32. The monoisotopic (exact) mass is 473 g/mol. The van der Waals surface area contributed by atoms with Gasteiger partial charge in [0.1, 0.15) is 5.75 Å². The predicted octanol–water partition coefficient (Wildman–Crippen LogP) is 3.49. The van der Waals surface area contributed by atoms with Crippen molar-refractivity contribution in [1.82, 2.24) is 10.2 Å². The first-order valence-electron chi connectivity index (χ1n) is 12.8. The molecule has 2 fully saturated rings. The molecule has 7 nitrogen and oxygen atoms in total. The number of ether oxygens (including phenoxy) is 1. The summed E-state index contributed by atoms with van der Waals surface area (Å²) in [4.78, 5) is 40.0. The van der Waals surface area contributed by atoms with Gasteiger partial charge in [0.2, 0.25) is 5.91 Å². The maximum absolute atomic E-state index is 13.4. The molecule has 7 heteroatoms. The maximum atomic E-state index is 13.4. The molecule has 4 aliphatic rings. The van der Waals surface area contributed by atoms with Crippen molar-refractivity contribution in [3.63, 3.8) is 0 Å². The van der Waals surface area contributed by atoms with E-state index in [0.29, 0.717) is 34.7 Å². The van der Waals surface area contributed by atoms with E-state index in [0.717, 1.165) is 51.6 Å². The second-order valence-electron chi connectivity index (χ2n) is 10.4. The fraction of sp³-hybridized carbons (Fsp3) is 0.464. The van der Waals surface area contributed by atoms with Gasteiger partial charge in [-0.1, -0.05) is 24.3 Å². The van der Waals surface area contributed by atoms with Crippen LogP contribution in [0.15, 0.2) is 42.5 Å². The summed E-state index contributed by atoms with van der Waals surface area (Å²) in [5.74, 6) is 1.61. The van der Waals surface area contributed by atoms with Crippen molar-refractivity contribution in [2.24, 2.45) is 11.8 Å². The standard InChI is InChI=1S/C28H31N3O4/c32-26-16-35-25-10-7-19(14-24(25)30-26)27(33)29-21-8-5-20-15-31(12-11-18(20)13-21)28(34)23-9-6-17-3-1-2-4-22(17)23/h1-4,7,10,14,18,20-21,23H,5-6,8-9,11-13,15-16H2,(H,29,33)(H,30,32). The lowest BCUT2D eigenvalue weighted by molar-refractivity contribution is -0.136. The second kappa shape index (κ2) is 9.02. The summed E-state index contributed by atoms with van der Waals surface area (Å²) in [6, 6.07) is 13.7. The van der Waals surface area contributed by atoms with Gasteiger partial charge in [0.15, 0.2) is 6.61 Å². The van der Waals surface area contributed by atoms with Gasteiger partial charge in [0.25, 0.3) is 11.8 Å². The molecule has 3 amide bonds. The molecule has 2 heterocycles. The normalized spacial score (nSPS) is 27.1. The van der Waals surface area contributed by atoms with Crippen LogP contribution in [0, 0.1) is 11.8 Å². The molecule has 4 unspecified atom stereocenters. The van der Waals surface area contributed by atoms with E-state index < -0.39 is 0 Å². The van der Waals surface area contributed by atoms with Crippen molar-refractivity contribution in [3.05, 3.63) is 59.2 Å². The highest BCUT2D eigenvalue weighted by Crippen LogP contribution is 2.40. The van der Waals surface area contributed by atoms with E-state index in [1.165, 1.54) is 11.1 Å². The number of benzene rings is 2. The molecular weight excluding hydrogens is 442 g/mol. The summed E-state index contributed by atoms with van der Waals surface area (Å²) in [6.45, 7) is 1.65. The molecule has 6 rings (SSSR count). The number of nitrogens with zero attached hydrogens (tertiary/aromatic N) is 1. The fourth-order valence-electron chi connectivity index (χ4n) is 6.48. The average molecular weight is 474 g/mol. The van der Waals surface area contributed by atoms with Crippen LogP contribution in [0.2, 0.25) is 0 Å². The van der Waals surface area contributed by atoms with E-state index in [-0.39, 0.29) is 30.4 Å². The van der Waals surface area contributed by atoms with E-state index in [1.807, 2.05) is 6.07 Å². The van der Waals surface area contributed by atoms with E-state index in [9.17, 15) is 14.4 Å². The molecule has 1 saturated carbocycles. The number of amides is 3. The van der Waals surface area contributed by atoms with E-state index in [2.05, 4.69) is 33.7 Å². The number of carbonyl (C=O) groups excluding carboxylic acids is 3. The molecule has 2 aromatic carbocycles. The lowest BCUT2D eigenvalue weighted by Gasteiger charge is -2.44. The molecule has 0 aromatic heterocycles. The van der Waals surface area contributed by atoms with Gasteiger partial charge in [0.05, 0.1) is 11.6 Å². The number of anilines is 1. The minimum Gasteiger partial charge on any atom is -0.482 e. The zero-order chi connectivity index (χ0) is 23.9. The molecule has 2 aromatic rings. The van der Waals surface area contributed by atoms with Crippen molar-refractivity contribution in [2.75, 3.05) is 25.0 Å². The van der Waals surface area contributed by atoms with Gasteiger partial charge in [0, 0.05) is 24.7 Å². The largest absolute Gasteiger partial charge is 0.482 e. The molecule has 2 N–H and O–H groups in total. The summed E-state index contributed by atoms with van der Waals surface area (Å²) in [7, 11) is 0. The number of nitrogens with one attached hydrogen (secondary N) is 2. The summed E-state index contributed by atoms with van der Waals surface area (Å²) < 4.78 is 5.38. The van der Waals surface area contributed by atoms with Gasteiger partial charge >= 0.3 is 0 Å². The Morgan fingerprint density at radius 3 is 2.83 bits per heavy atom. The molecule has 0 spiro atoms. The molecular formula is C28H31N3O4. The van der Waals surface area contributed by atoms with Gasteiger partial charge in [-0.3, -0.25) is 14.4 Å². The highest BCUT2D eigenvalue weighted by molar-refractivity contribution is 6.00. The predicted molar refractivity (Wildman–Crippen MR) is 131 cm³/mol. The van der Waals surface area contributed by atoms with Crippen LogP contribution in [-0.4, -0.2) is 48.4 Å². The Morgan fingerprint density at radius 1 is 1.03 bits per heavy atom. The minimum absolute atomic E-state index is 0.000145. The van der Waals surface area contributed by atoms with Crippen molar-refractivity contribution in [3.8, 4) is 5.75 Å². The maximum Gasteiger partial charge on any atom is 0.262 e. The van der Waals surface area contributed by atoms with E-state index in [1.54, 1.807) is 18.2 Å². The number of fused-ring (bicyclic) bond motifs is 3. The Bertz CT molecular complexity index is 1180. The van der Waals surface area contributed by atoms with E-state index >= 15 is 0 Å². The second-order valence-corrected chi connectivity index (χ2v) is 10.4. The number of likely N-dealkylation sites (tertiary alicyclic amines) is 1. The minimum atomic E-state index is -0.213. The van der Waals surface area contributed by atoms with Crippen LogP contribution < -0.4 is 15.4 Å². The van der Waals surface area contributed by atoms with E-state index in [4.69, 9.17) is 4.74 Å². The number of piperidine rings is 1. The average Bonchev–Trinajstić information content (AvgIpc) is 3.31. The first-order chi connectivity index (χ1) is 17.0. The zero-order valence-electron chi connectivity index (χ0n) is 19.8. The molecule has 0 radical (unpaired) electrons. The van der Waals surface area contributed by atoms with Gasteiger partial charge in [-0.15, -0.1) is 0 Å². The van der Waals surface area contributed by atoms with Crippen LogP contribution in [0.25, 0.3) is 0 Å². The van der Waals surface area contributed by atoms with Crippen LogP contribution in [0.4, 0.5) is 5.69 Å². The van der Waals surface area contributed by atoms with Crippen LogP contribution in [0.3, 0.4) is 0 Å². The van der Waals surface area contributed by atoms with Crippen molar-refractivity contribution < 1.29 is 19.1 Å². The number of carbonyl (C=O) groups is 3. The Labute approximate surface area is 205 Å². The molecule has 0 bridgehead atoms. The highest BCUT2D eigenvalue weighted by atomic mass is 16.5. The van der Waals surface area contributed by atoms with Gasteiger partial charge in [-0.2, -0.15) is 0 Å². The fourth-order valence-corrected chi connectivity index (χ4v) is 6.48.